The van der Waals surface area contributed by atoms with Gasteiger partial charge in [0.05, 0.1) is 0 Å². The summed E-state index contributed by atoms with van der Waals surface area (Å²) in [4.78, 5) is 29.9. The molecule has 4 rings (SSSR count). The summed E-state index contributed by atoms with van der Waals surface area (Å²) in [6, 6.07) is 10.2. The highest BCUT2D eigenvalue weighted by molar-refractivity contribution is 7.91. The summed E-state index contributed by atoms with van der Waals surface area (Å²) in [5, 5.41) is 5.55. The maximum atomic E-state index is 13.2. The van der Waals surface area contributed by atoms with E-state index in [1.807, 2.05) is 30.5 Å². The number of para-hydroxylation sites is 1. The highest BCUT2D eigenvalue weighted by atomic mass is 32.2. The second-order valence-electron chi connectivity index (χ2n) is 7.97. The first-order valence-electron chi connectivity index (χ1n) is 10.5. The van der Waals surface area contributed by atoms with Crippen LogP contribution in [0.2, 0.25) is 0 Å². The number of aromatic amines is 1. The number of carbonyl (C=O) groups excluding carboxylic acids is 2. The molecule has 0 unspecified atom stereocenters. The Kier molecular flexibility index (Phi) is 6.63. The fourth-order valence-electron chi connectivity index (χ4n) is 4.10. The van der Waals surface area contributed by atoms with Gasteiger partial charge < -0.3 is 15.2 Å². The molecule has 170 valence electrons. The molecule has 32 heavy (non-hydrogen) atoms. The van der Waals surface area contributed by atoms with E-state index >= 15 is 0 Å². The molecule has 1 aromatic carbocycles. The summed E-state index contributed by atoms with van der Waals surface area (Å²) >= 11 is 1.18. The minimum absolute atomic E-state index is 0.148. The van der Waals surface area contributed by atoms with Crippen LogP contribution in [-0.2, 0) is 26.0 Å². The van der Waals surface area contributed by atoms with Gasteiger partial charge in [0.1, 0.15) is 10.3 Å². The van der Waals surface area contributed by atoms with Crippen molar-refractivity contribution in [3.8, 4) is 0 Å². The molecule has 1 aliphatic heterocycles. The standard InChI is InChI=1S/C22H26N4O4S2/c1-15(27)24-20(13-16-14-23-19-6-3-2-5-18(16)19)22(28)26-10-8-17(9-11-26)25-32(29,30)21-7-4-12-31-21/h2-7,12,14,17,20,23,25H,8-11,13H2,1H3,(H,24,27)/t20-/m0/s1. The fourth-order valence-corrected chi connectivity index (χ4v) is 6.41. The van der Waals surface area contributed by atoms with Crippen LogP contribution in [0, 0.1) is 0 Å². The van der Waals surface area contributed by atoms with Crippen LogP contribution in [0.3, 0.4) is 0 Å². The number of H-pyrrole nitrogens is 1. The molecule has 3 aromatic rings. The van der Waals surface area contributed by atoms with Gasteiger partial charge in [-0.25, -0.2) is 13.1 Å². The lowest BCUT2D eigenvalue weighted by molar-refractivity contribution is -0.137. The number of hydrogen-bond donors (Lipinski definition) is 3. The lowest BCUT2D eigenvalue weighted by Gasteiger charge is -2.34. The fraction of sp³-hybridized carbons (Fsp3) is 0.364. The van der Waals surface area contributed by atoms with Gasteiger partial charge in [-0.3, -0.25) is 9.59 Å². The zero-order chi connectivity index (χ0) is 22.7. The van der Waals surface area contributed by atoms with Crippen LogP contribution >= 0.6 is 11.3 Å². The third-order valence-corrected chi connectivity index (χ3v) is 8.58. The molecular formula is C22H26N4O4S2. The number of carbonyl (C=O) groups is 2. The van der Waals surface area contributed by atoms with Crippen molar-refractivity contribution in [1.82, 2.24) is 19.9 Å². The zero-order valence-corrected chi connectivity index (χ0v) is 19.3. The van der Waals surface area contributed by atoms with E-state index in [-0.39, 0.29) is 17.9 Å². The van der Waals surface area contributed by atoms with Gasteiger partial charge in [-0.1, -0.05) is 24.3 Å². The van der Waals surface area contributed by atoms with Crippen molar-refractivity contribution in [2.24, 2.45) is 0 Å². The quantitative estimate of drug-likeness (QED) is 0.488. The molecule has 0 aliphatic carbocycles. The van der Waals surface area contributed by atoms with E-state index in [0.717, 1.165) is 16.5 Å². The summed E-state index contributed by atoms with van der Waals surface area (Å²) in [5.41, 5.74) is 1.95. The first kappa shape index (κ1) is 22.5. The van der Waals surface area contributed by atoms with E-state index in [1.165, 1.54) is 18.3 Å². The van der Waals surface area contributed by atoms with Gasteiger partial charge in [0.15, 0.2) is 0 Å². The van der Waals surface area contributed by atoms with Gasteiger partial charge in [0.2, 0.25) is 21.8 Å². The number of sulfonamides is 1. The third-order valence-electron chi connectivity index (χ3n) is 5.66. The molecule has 2 aromatic heterocycles. The number of benzene rings is 1. The monoisotopic (exact) mass is 474 g/mol. The van der Waals surface area contributed by atoms with Gasteiger partial charge >= 0.3 is 0 Å². The van der Waals surface area contributed by atoms with E-state index in [1.54, 1.807) is 22.4 Å². The Morgan fingerprint density at radius 2 is 1.94 bits per heavy atom. The van der Waals surface area contributed by atoms with Gasteiger partial charge in [-0.15, -0.1) is 11.3 Å². The van der Waals surface area contributed by atoms with Crippen LogP contribution in [0.15, 0.2) is 52.2 Å². The van der Waals surface area contributed by atoms with Crippen molar-refractivity contribution in [2.75, 3.05) is 13.1 Å². The van der Waals surface area contributed by atoms with Crippen LogP contribution in [0.1, 0.15) is 25.3 Å². The number of piperidine rings is 1. The van der Waals surface area contributed by atoms with Crippen molar-refractivity contribution in [3.63, 3.8) is 0 Å². The minimum Gasteiger partial charge on any atom is -0.361 e. The molecular weight excluding hydrogens is 448 g/mol. The molecule has 0 spiro atoms. The lowest BCUT2D eigenvalue weighted by atomic mass is 10.0. The molecule has 1 fully saturated rings. The Morgan fingerprint density at radius 3 is 2.62 bits per heavy atom. The number of fused-ring (bicyclic) bond motifs is 1. The topological polar surface area (TPSA) is 111 Å². The van der Waals surface area contributed by atoms with E-state index in [2.05, 4.69) is 15.0 Å². The molecule has 3 heterocycles. The average Bonchev–Trinajstić information content (AvgIpc) is 3.44. The Bertz CT molecular complexity index is 1200. The second-order valence-corrected chi connectivity index (χ2v) is 10.9. The zero-order valence-electron chi connectivity index (χ0n) is 17.7. The second kappa shape index (κ2) is 9.43. The minimum atomic E-state index is -3.54. The van der Waals surface area contributed by atoms with E-state index in [9.17, 15) is 18.0 Å². The smallest absolute Gasteiger partial charge is 0.250 e. The van der Waals surface area contributed by atoms with E-state index in [4.69, 9.17) is 0 Å². The first-order chi connectivity index (χ1) is 15.3. The van der Waals surface area contributed by atoms with Crippen LogP contribution in [-0.4, -0.2) is 55.3 Å². The number of rotatable bonds is 7. The summed E-state index contributed by atoms with van der Waals surface area (Å²) in [6.45, 7) is 2.27. The van der Waals surface area contributed by atoms with Crippen molar-refractivity contribution in [2.45, 2.75) is 42.5 Å². The number of thiophene rings is 1. The molecule has 0 bridgehead atoms. The molecule has 2 amide bonds. The van der Waals surface area contributed by atoms with Crippen LogP contribution in [0.5, 0.6) is 0 Å². The Labute approximate surface area is 191 Å². The van der Waals surface area contributed by atoms with Gasteiger partial charge in [0, 0.05) is 49.6 Å². The number of hydrogen-bond acceptors (Lipinski definition) is 5. The normalized spacial score (nSPS) is 16.2. The summed E-state index contributed by atoms with van der Waals surface area (Å²) < 4.78 is 28.0. The Balaban J connectivity index is 1.40. The summed E-state index contributed by atoms with van der Waals surface area (Å²) in [6.07, 6.45) is 3.30. The number of likely N-dealkylation sites (tertiary alicyclic amines) is 1. The highest BCUT2D eigenvalue weighted by Gasteiger charge is 2.31. The molecule has 8 nitrogen and oxygen atoms in total. The van der Waals surface area contributed by atoms with E-state index in [0.29, 0.717) is 36.6 Å². The molecule has 1 saturated heterocycles. The van der Waals surface area contributed by atoms with Crippen molar-refractivity contribution < 1.29 is 18.0 Å². The highest BCUT2D eigenvalue weighted by Crippen LogP contribution is 2.22. The predicted octanol–water partition coefficient (Wildman–Crippen LogP) is 2.25. The Morgan fingerprint density at radius 1 is 1.19 bits per heavy atom. The van der Waals surface area contributed by atoms with Crippen molar-refractivity contribution >= 4 is 44.1 Å². The summed E-state index contributed by atoms with van der Waals surface area (Å²) in [7, 11) is -3.54. The maximum absolute atomic E-state index is 13.2. The van der Waals surface area contributed by atoms with Gasteiger partial charge in [-0.2, -0.15) is 0 Å². The van der Waals surface area contributed by atoms with Crippen LogP contribution in [0.4, 0.5) is 0 Å². The molecule has 1 aliphatic rings. The van der Waals surface area contributed by atoms with Crippen molar-refractivity contribution in [3.05, 3.63) is 53.5 Å². The molecule has 0 radical (unpaired) electrons. The molecule has 3 N–H and O–H groups in total. The molecule has 1 atom stereocenters. The van der Waals surface area contributed by atoms with Crippen LogP contribution < -0.4 is 10.0 Å². The Hall–Kier alpha value is -2.69. The van der Waals surface area contributed by atoms with Gasteiger partial charge in [-0.05, 0) is 35.9 Å². The average molecular weight is 475 g/mol. The van der Waals surface area contributed by atoms with E-state index < -0.39 is 16.1 Å². The number of nitrogens with zero attached hydrogens (tertiary/aromatic N) is 1. The lowest BCUT2D eigenvalue weighted by Crippen LogP contribution is -2.53. The predicted molar refractivity (Wildman–Crippen MR) is 124 cm³/mol. The van der Waals surface area contributed by atoms with Crippen LogP contribution in [0.25, 0.3) is 10.9 Å². The largest absolute Gasteiger partial charge is 0.361 e. The molecule has 10 heteroatoms. The van der Waals surface area contributed by atoms with Gasteiger partial charge in [0.25, 0.3) is 0 Å². The SMILES string of the molecule is CC(=O)N[C@@H](Cc1c[nH]c2ccccc12)C(=O)N1CCC(NS(=O)(=O)c2cccs2)CC1. The maximum Gasteiger partial charge on any atom is 0.250 e. The third kappa shape index (κ3) is 5.03. The number of aromatic nitrogens is 1. The number of amides is 2. The van der Waals surface area contributed by atoms with Crippen molar-refractivity contribution in [1.29, 1.82) is 0 Å². The summed E-state index contributed by atoms with van der Waals surface area (Å²) in [5.74, 6) is -0.410. The molecule has 0 saturated carbocycles. The number of nitrogens with one attached hydrogen (secondary N) is 3. The first-order valence-corrected chi connectivity index (χ1v) is 12.9.